The number of halogens is 8. The fourth-order valence-electron chi connectivity index (χ4n) is 4.79. The minimum absolute atomic E-state index is 0.358. The lowest BCUT2D eigenvalue weighted by Gasteiger charge is -2.16. The molecule has 5 aromatic rings. The molecule has 0 atom stereocenters. The number of fused-ring (bicyclic) bond motifs is 3. The molecule has 14 heteroatoms. The highest BCUT2D eigenvalue weighted by molar-refractivity contribution is 7.15. The van der Waals surface area contributed by atoms with Crippen LogP contribution in [0.3, 0.4) is 0 Å². The Bertz CT molecular complexity index is 1820. The van der Waals surface area contributed by atoms with Gasteiger partial charge in [-0.15, -0.1) is 20.4 Å². The number of aryl methyl sites for hydroxylation is 2. The van der Waals surface area contributed by atoms with Crippen LogP contribution in [0.25, 0.3) is 42.7 Å². The molecule has 4 nitrogen and oxygen atoms in total. The van der Waals surface area contributed by atoms with Gasteiger partial charge in [-0.25, -0.2) is 35.1 Å². The predicted molar refractivity (Wildman–Crippen MR) is 145 cm³/mol. The maximum Gasteiger partial charge on any atom is 0.195 e. The average molecular weight is 631 g/mol. The summed E-state index contributed by atoms with van der Waals surface area (Å²) in [7, 11) is 0. The molecule has 2 heterocycles. The first-order valence-corrected chi connectivity index (χ1v) is 14.9. The van der Waals surface area contributed by atoms with Crippen molar-refractivity contribution in [3.8, 4) is 21.1 Å². The van der Waals surface area contributed by atoms with Gasteiger partial charge >= 0.3 is 0 Å². The van der Waals surface area contributed by atoms with Gasteiger partial charge in [-0.1, -0.05) is 62.2 Å². The molecule has 0 aliphatic heterocycles. The number of aromatic nitrogens is 4. The topological polar surface area (TPSA) is 51.6 Å². The van der Waals surface area contributed by atoms with Crippen LogP contribution in [0.4, 0.5) is 35.1 Å². The van der Waals surface area contributed by atoms with Gasteiger partial charge in [0.2, 0.25) is 0 Å². The summed E-state index contributed by atoms with van der Waals surface area (Å²) in [6, 6.07) is 0. The van der Waals surface area contributed by atoms with Crippen molar-refractivity contribution < 1.29 is 35.1 Å². The van der Waals surface area contributed by atoms with Gasteiger partial charge < -0.3 is 0 Å². The fourth-order valence-corrected chi connectivity index (χ4v) is 6.63. The zero-order valence-corrected chi connectivity index (χ0v) is 23.9. The molecule has 0 amide bonds. The van der Waals surface area contributed by atoms with E-state index in [4.69, 9.17) is 0 Å². The lowest BCUT2D eigenvalue weighted by Crippen LogP contribution is -2.06. The Kier molecular flexibility index (Phi) is 8.74. The predicted octanol–water partition coefficient (Wildman–Crippen LogP) is 9.61. The van der Waals surface area contributed by atoms with Gasteiger partial charge in [0.05, 0.1) is 16.5 Å². The van der Waals surface area contributed by atoms with Crippen LogP contribution in [0, 0.1) is 46.5 Å². The number of hydrogen-bond acceptors (Lipinski definition) is 6. The van der Waals surface area contributed by atoms with E-state index in [-0.39, 0.29) is 0 Å². The van der Waals surface area contributed by atoms with Crippen LogP contribution in [-0.4, -0.2) is 20.4 Å². The van der Waals surface area contributed by atoms with E-state index in [1.165, 1.54) is 0 Å². The second-order valence-corrected chi connectivity index (χ2v) is 11.8. The number of nitrogens with zero attached hydrogens (tertiary/aromatic N) is 4. The summed E-state index contributed by atoms with van der Waals surface area (Å²) in [6.07, 6.45) is 5.65. The van der Waals surface area contributed by atoms with Crippen molar-refractivity contribution in [1.29, 1.82) is 0 Å². The smallest absolute Gasteiger partial charge is 0.195 e. The Hall–Kier alpha value is -3.26. The van der Waals surface area contributed by atoms with Crippen molar-refractivity contribution in [1.82, 2.24) is 20.4 Å². The quantitative estimate of drug-likeness (QED) is 0.0507. The summed E-state index contributed by atoms with van der Waals surface area (Å²) >= 11 is 1.45. The van der Waals surface area contributed by atoms with E-state index in [0.717, 1.165) is 48.4 Å². The first-order valence-electron chi connectivity index (χ1n) is 13.2. The lowest BCUT2D eigenvalue weighted by molar-refractivity contribution is 0.453. The third kappa shape index (κ3) is 5.01. The number of unbranched alkanes of at least 4 members (excludes halogenated alkanes) is 4. The zero-order chi connectivity index (χ0) is 30.3. The minimum Gasteiger partial charge on any atom is -0.205 e. The van der Waals surface area contributed by atoms with Crippen LogP contribution in [0.1, 0.15) is 62.4 Å². The molecular weight excluding hydrogens is 608 g/mol. The molecular formula is C28H22F8N4S2. The van der Waals surface area contributed by atoms with Gasteiger partial charge in [-0.05, 0) is 12.8 Å². The van der Waals surface area contributed by atoms with Gasteiger partial charge in [0.25, 0.3) is 0 Å². The molecule has 0 radical (unpaired) electrons. The van der Waals surface area contributed by atoms with Crippen LogP contribution >= 0.6 is 22.7 Å². The Labute approximate surface area is 242 Å². The number of rotatable bonds is 10. The van der Waals surface area contributed by atoms with Crippen molar-refractivity contribution >= 4 is 44.2 Å². The molecule has 5 rings (SSSR count). The van der Waals surface area contributed by atoms with E-state index in [0.29, 0.717) is 35.7 Å². The van der Waals surface area contributed by atoms with Crippen molar-refractivity contribution in [2.75, 3.05) is 0 Å². The van der Waals surface area contributed by atoms with E-state index in [9.17, 15) is 4.39 Å². The molecule has 3 aromatic carbocycles. The van der Waals surface area contributed by atoms with Crippen molar-refractivity contribution in [2.45, 2.75) is 65.2 Å². The molecule has 2 aromatic heterocycles. The Balaban J connectivity index is 1.79. The second kappa shape index (κ2) is 12.2. The number of hydrogen-bond donors (Lipinski definition) is 0. The summed E-state index contributed by atoms with van der Waals surface area (Å²) in [5.41, 5.74) is -2.17. The number of benzene rings is 3. The molecule has 0 fully saturated rings. The van der Waals surface area contributed by atoms with Crippen LogP contribution < -0.4 is 0 Å². The Morgan fingerprint density at radius 1 is 0.429 bits per heavy atom. The summed E-state index contributed by atoms with van der Waals surface area (Å²) in [4.78, 5) is 0. The summed E-state index contributed by atoms with van der Waals surface area (Å²) in [5, 5.41) is 9.41. The van der Waals surface area contributed by atoms with Crippen molar-refractivity contribution in [3.63, 3.8) is 0 Å². The minimum atomic E-state index is -2.18. The third-order valence-electron chi connectivity index (χ3n) is 6.88. The molecule has 0 spiro atoms. The largest absolute Gasteiger partial charge is 0.205 e. The average Bonchev–Trinajstić information content (AvgIpc) is 3.63. The molecule has 0 saturated carbocycles. The molecule has 222 valence electrons. The molecule has 0 aliphatic carbocycles. The van der Waals surface area contributed by atoms with Gasteiger partial charge in [-0.3, -0.25) is 0 Å². The Morgan fingerprint density at radius 2 is 0.857 bits per heavy atom. The van der Waals surface area contributed by atoms with Gasteiger partial charge in [0.15, 0.2) is 50.7 Å². The fraction of sp³-hybridized carbons (Fsp3) is 0.357. The summed E-state index contributed by atoms with van der Waals surface area (Å²) < 4.78 is 123. The highest BCUT2D eigenvalue weighted by Crippen LogP contribution is 2.46. The van der Waals surface area contributed by atoms with E-state index < -0.39 is 89.2 Å². The highest BCUT2D eigenvalue weighted by atomic mass is 32.1. The van der Waals surface area contributed by atoms with Gasteiger partial charge in [-0.2, -0.15) is 0 Å². The summed E-state index contributed by atoms with van der Waals surface area (Å²) in [6.45, 7) is 3.93. The first-order chi connectivity index (χ1) is 20.1. The maximum atomic E-state index is 15.8. The molecule has 0 aliphatic rings. The van der Waals surface area contributed by atoms with Gasteiger partial charge in [0.1, 0.15) is 15.8 Å². The van der Waals surface area contributed by atoms with Gasteiger partial charge in [0, 0.05) is 29.0 Å². The standard InChI is InChI=1S/C28H22F8N4S2/c1-3-5-7-9-11-37-39-27(41-11)17-15-13(22(32)26(36)24(17)34)14-16(23(33)21(15)31)19(29)18(25(35)20(14)30)28-40-38-12(42-28)10-8-6-4-2/h3-10H2,1-2H3. The van der Waals surface area contributed by atoms with E-state index in [2.05, 4.69) is 20.4 Å². The van der Waals surface area contributed by atoms with E-state index in [1.807, 2.05) is 13.8 Å². The molecule has 42 heavy (non-hydrogen) atoms. The lowest BCUT2D eigenvalue weighted by atomic mass is 9.94. The van der Waals surface area contributed by atoms with Crippen molar-refractivity contribution in [2.24, 2.45) is 0 Å². The van der Waals surface area contributed by atoms with E-state index >= 15 is 30.7 Å². The van der Waals surface area contributed by atoms with Crippen LogP contribution in [0.5, 0.6) is 0 Å². The third-order valence-corrected chi connectivity index (χ3v) is 8.88. The molecule has 0 saturated heterocycles. The SMILES string of the molecule is CCCCCc1nnc(-c2c(F)c(F)c3c(c2F)c(F)c(F)c2c(-c4nnc(CCCCC)s4)c(F)c(F)c(F)c23)s1. The maximum absolute atomic E-state index is 15.8. The van der Waals surface area contributed by atoms with Crippen LogP contribution in [-0.2, 0) is 12.8 Å². The first kappa shape index (κ1) is 30.2. The summed E-state index contributed by atoms with van der Waals surface area (Å²) in [5.74, 6) is -16.0. The normalized spacial score (nSPS) is 11.9. The Morgan fingerprint density at radius 3 is 1.40 bits per heavy atom. The highest BCUT2D eigenvalue weighted by Gasteiger charge is 2.35. The van der Waals surface area contributed by atoms with Crippen LogP contribution in [0.15, 0.2) is 0 Å². The van der Waals surface area contributed by atoms with Crippen molar-refractivity contribution in [3.05, 3.63) is 56.6 Å². The molecule has 0 bridgehead atoms. The molecule has 0 unspecified atom stereocenters. The van der Waals surface area contributed by atoms with E-state index in [1.54, 1.807) is 0 Å². The molecule has 0 N–H and O–H groups in total. The van der Waals surface area contributed by atoms with Crippen LogP contribution in [0.2, 0.25) is 0 Å². The zero-order valence-electron chi connectivity index (χ0n) is 22.3. The second-order valence-electron chi connectivity index (χ2n) is 9.68. The monoisotopic (exact) mass is 630 g/mol.